The molecule has 0 saturated carbocycles. The molecule has 0 aliphatic carbocycles. The summed E-state index contributed by atoms with van der Waals surface area (Å²) in [7, 11) is 0. The number of nitrogen functional groups attached to an aromatic ring is 1. The van der Waals surface area contributed by atoms with Crippen LogP contribution in [0.25, 0.3) is 10.4 Å². The van der Waals surface area contributed by atoms with Crippen LogP contribution in [-0.2, 0) is 0 Å². The number of aliphatic hydroxyl groups excluding tert-OH is 2. The minimum absolute atomic E-state index is 0.155. The summed E-state index contributed by atoms with van der Waals surface area (Å²) in [6, 6.07) is 5.09. The molecule has 1 rings (SSSR count). The topological polar surface area (TPSA) is 115 Å². The van der Waals surface area contributed by atoms with Crippen LogP contribution in [0.3, 0.4) is 0 Å². The summed E-state index contributed by atoms with van der Waals surface area (Å²) in [4.78, 5) is 2.58. The highest BCUT2D eigenvalue weighted by Gasteiger charge is 2.18. The zero-order valence-electron chi connectivity index (χ0n) is 9.61. The van der Waals surface area contributed by atoms with Crippen molar-refractivity contribution in [3.63, 3.8) is 0 Å². The second kappa shape index (κ2) is 6.10. The number of anilines is 1. The summed E-state index contributed by atoms with van der Waals surface area (Å²) in [6.45, 7) is 1.99. The Morgan fingerprint density at radius 1 is 1.47 bits per heavy atom. The molecule has 6 nitrogen and oxygen atoms in total. The number of hydrogen-bond acceptors (Lipinski definition) is 4. The van der Waals surface area contributed by atoms with E-state index in [2.05, 4.69) is 10.0 Å². The molecule has 17 heavy (non-hydrogen) atoms. The average Bonchev–Trinajstić information content (AvgIpc) is 2.32. The summed E-state index contributed by atoms with van der Waals surface area (Å²) >= 11 is 0. The van der Waals surface area contributed by atoms with Crippen LogP contribution in [0, 0.1) is 6.92 Å². The van der Waals surface area contributed by atoms with Crippen molar-refractivity contribution in [3.8, 4) is 0 Å². The molecule has 0 aliphatic rings. The van der Waals surface area contributed by atoms with E-state index in [4.69, 9.17) is 11.3 Å². The van der Waals surface area contributed by atoms with Crippen LogP contribution in [-0.4, -0.2) is 22.9 Å². The van der Waals surface area contributed by atoms with Crippen LogP contribution in [0.5, 0.6) is 0 Å². The van der Waals surface area contributed by atoms with E-state index in [0.717, 1.165) is 5.56 Å². The van der Waals surface area contributed by atoms with Gasteiger partial charge in [0.25, 0.3) is 0 Å². The SMILES string of the molecule is Cc1cc(C(O)C(O)CCN=[N+]=[N-])ccc1N. The van der Waals surface area contributed by atoms with Gasteiger partial charge in [0.15, 0.2) is 0 Å². The summed E-state index contributed by atoms with van der Waals surface area (Å²) in [5.41, 5.74) is 15.9. The number of hydrogen-bond donors (Lipinski definition) is 3. The molecule has 1 aromatic rings. The molecule has 0 bridgehead atoms. The van der Waals surface area contributed by atoms with E-state index in [1.165, 1.54) is 0 Å². The predicted octanol–water partition coefficient (Wildman–Crippen LogP) is 1.67. The quantitative estimate of drug-likeness (QED) is 0.312. The lowest BCUT2D eigenvalue weighted by atomic mass is 10.00. The number of rotatable bonds is 5. The zero-order chi connectivity index (χ0) is 12.8. The molecular formula is C11H16N4O2. The molecule has 6 heteroatoms. The van der Waals surface area contributed by atoms with Gasteiger partial charge in [-0.1, -0.05) is 17.2 Å². The summed E-state index contributed by atoms with van der Waals surface area (Å²) in [5.74, 6) is 0. The second-order valence-electron chi connectivity index (χ2n) is 3.87. The van der Waals surface area contributed by atoms with Crippen LogP contribution < -0.4 is 5.73 Å². The van der Waals surface area contributed by atoms with Crippen LogP contribution in [0.2, 0.25) is 0 Å². The standard InChI is InChI=1S/C11H16N4O2/c1-7-6-8(2-3-9(7)12)11(17)10(16)4-5-14-15-13/h2-3,6,10-11,16-17H,4-5,12H2,1H3. The Morgan fingerprint density at radius 2 is 2.18 bits per heavy atom. The maximum Gasteiger partial charge on any atom is 0.105 e. The molecule has 0 radical (unpaired) electrons. The van der Waals surface area contributed by atoms with Gasteiger partial charge in [0.1, 0.15) is 6.10 Å². The number of aliphatic hydroxyl groups is 2. The van der Waals surface area contributed by atoms with Crippen molar-refractivity contribution in [2.75, 3.05) is 12.3 Å². The molecule has 1 aromatic carbocycles. The van der Waals surface area contributed by atoms with Crippen LogP contribution in [0.4, 0.5) is 5.69 Å². The van der Waals surface area contributed by atoms with E-state index in [1.807, 2.05) is 6.92 Å². The lowest BCUT2D eigenvalue weighted by Crippen LogP contribution is -2.19. The Kier molecular flexibility index (Phi) is 4.78. The minimum Gasteiger partial charge on any atom is -0.399 e. The largest absolute Gasteiger partial charge is 0.399 e. The molecule has 92 valence electrons. The fraction of sp³-hybridized carbons (Fsp3) is 0.455. The van der Waals surface area contributed by atoms with E-state index in [0.29, 0.717) is 11.3 Å². The fourth-order valence-corrected chi connectivity index (χ4v) is 1.50. The molecule has 2 unspecified atom stereocenters. The smallest absolute Gasteiger partial charge is 0.105 e. The van der Waals surface area contributed by atoms with Crippen molar-refractivity contribution < 1.29 is 10.2 Å². The third-order valence-electron chi connectivity index (χ3n) is 2.59. The van der Waals surface area contributed by atoms with Crippen LogP contribution >= 0.6 is 0 Å². The average molecular weight is 236 g/mol. The zero-order valence-corrected chi connectivity index (χ0v) is 9.61. The molecule has 0 aliphatic heterocycles. The lowest BCUT2D eigenvalue weighted by molar-refractivity contribution is 0.0150. The van der Waals surface area contributed by atoms with Crippen molar-refractivity contribution >= 4 is 5.69 Å². The normalized spacial score (nSPS) is 13.8. The first-order chi connectivity index (χ1) is 8.06. The fourth-order valence-electron chi connectivity index (χ4n) is 1.50. The van der Waals surface area contributed by atoms with Crippen molar-refractivity contribution in [2.45, 2.75) is 25.6 Å². The number of benzene rings is 1. The Balaban J connectivity index is 2.70. The Hall–Kier alpha value is -1.75. The van der Waals surface area contributed by atoms with Gasteiger partial charge in [-0.3, -0.25) is 0 Å². The summed E-state index contributed by atoms with van der Waals surface area (Å²) < 4.78 is 0. The van der Waals surface area contributed by atoms with Gasteiger partial charge in [-0.15, -0.1) is 0 Å². The third-order valence-corrected chi connectivity index (χ3v) is 2.59. The molecule has 2 atom stereocenters. The van der Waals surface area contributed by atoms with Gasteiger partial charge in [-0.25, -0.2) is 0 Å². The predicted molar refractivity (Wildman–Crippen MR) is 65.2 cm³/mol. The van der Waals surface area contributed by atoms with Crippen molar-refractivity contribution in [1.29, 1.82) is 0 Å². The van der Waals surface area contributed by atoms with E-state index >= 15 is 0 Å². The first kappa shape index (κ1) is 13.3. The number of nitrogens with zero attached hydrogens (tertiary/aromatic N) is 3. The summed E-state index contributed by atoms with van der Waals surface area (Å²) in [5, 5.41) is 22.9. The van der Waals surface area contributed by atoms with Crippen molar-refractivity contribution in [2.24, 2.45) is 5.11 Å². The van der Waals surface area contributed by atoms with Crippen LogP contribution in [0.1, 0.15) is 23.7 Å². The van der Waals surface area contributed by atoms with Gasteiger partial charge in [0, 0.05) is 17.1 Å². The van der Waals surface area contributed by atoms with Gasteiger partial charge < -0.3 is 15.9 Å². The van der Waals surface area contributed by atoms with Gasteiger partial charge >= 0.3 is 0 Å². The van der Waals surface area contributed by atoms with Crippen molar-refractivity contribution in [3.05, 3.63) is 39.8 Å². The van der Waals surface area contributed by atoms with Crippen molar-refractivity contribution in [1.82, 2.24) is 0 Å². The highest BCUT2D eigenvalue weighted by molar-refractivity contribution is 5.48. The molecule has 0 saturated heterocycles. The minimum atomic E-state index is -0.997. The van der Waals surface area contributed by atoms with E-state index in [1.54, 1.807) is 18.2 Å². The third kappa shape index (κ3) is 3.64. The molecule has 0 fully saturated rings. The summed E-state index contributed by atoms with van der Waals surface area (Å²) in [6.07, 6.45) is -1.74. The molecule has 0 amide bonds. The highest BCUT2D eigenvalue weighted by Crippen LogP contribution is 2.22. The second-order valence-corrected chi connectivity index (χ2v) is 3.87. The van der Waals surface area contributed by atoms with Gasteiger partial charge in [0.2, 0.25) is 0 Å². The van der Waals surface area contributed by atoms with Crippen LogP contribution in [0.15, 0.2) is 23.3 Å². The van der Waals surface area contributed by atoms with E-state index < -0.39 is 12.2 Å². The van der Waals surface area contributed by atoms with E-state index in [-0.39, 0.29) is 13.0 Å². The molecule has 0 heterocycles. The van der Waals surface area contributed by atoms with Gasteiger partial charge in [0.05, 0.1) is 6.10 Å². The molecular weight excluding hydrogens is 220 g/mol. The Morgan fingerprint density at radius 3 is 2.76 bits per heavy atom. The first-order valence-corrected chi connectivity index (χ1v) is 5.29. The van der Waals surface area contributed by atoms with Gasteiger partial charge in [-0.05, 0) is 36.1 Å². The first-order valence-electron chi connectivity index (χ1n) is 5.29. The molecule has 4 N–H and O–H groups in total. The number of azide groups is 1. The number of nitrogens with two attached hydrogens (primary N) is 1. The maximum atomic E-state index is 9.88. The monoisotopic (exact) mass is 236 g/mol. The van der Waals surface area contributed by atoms with Gasteiger partial charge in [-0.2, -0.15) is 0 Å². The Labute approximate surface area is 99.3 Å². The highest BCUT2D eigenvalue weighted by atomic mass is 16.3. The van der Waals surface area contributed by atoms with E-state index in [9.17, 15) is 10.2 Å². The lowest BCUT2D eigenvalue weighted by Gasteiger charge is -2.18. The Bertz CT molecular complexity index is 429. The maximum absolute atomic E-state index is 9.88. The molecule has 0 spiro atoms. The molecule has 0 aromatic heterocycles. The number of aryl methyl sites for hydroxylation is 1.